The van der Waals surface area contributed by atoms with Crippen LogP contribution in [-0.2, 0) is 0 Å². The van der Waals surface area contributed by atoms with E-state index in [-0.39, 0.29) is 12.0 Å². The van der Waals surface area contributed by atoms with Crippen LogP contribution in [0.4, 0.5) is 0 Å². The van der Waals surface area contributed by atoms with Gasteiger partial charge in [-0.05, 0) is 13.3 Å². The molecule has 106 valence electrons. The fraction of sp³-hybridized carbons (Fsp3) is 0.692. The Hall–Kier alpha value is -1.40. The summed E-state index contributed by atoms with van der Waals surface area (Å²) in [6.45, 7) is 7.34. The van der Waals surface area contributed by atoms with Crippen LogP contribution in [0.15, 0.2) is 10.6 Å². The largest absolute Gasteiger partial charge is 0.392 e. The zero-order valence-electron chi connectivity index (χ0n) is 11.5. The van der Waals surface area contributed by atoms with Crippen molar-refractivity contribution in [3.63, 3.8) is 0 Å². The number of rotatable bonds is 4. The van der Waals surface area contributed by atoms with E-state index in [9.17, 15) is 9.90 Å². The van der Waals surface area contributed by atoms with Gasteiger partial charge in [0.05, 0.1) is 11.8 Å². The number of aryl methyl sites for hydroxylation is 1. The van der Waals surface area contributed by atoms with E-state index in [1.165, 1.54) is 0 Å². The summed E-state index contributed by atoms with van der Waals surface area (Å²) in [5, 5.41) is 13.4. The fourth-order valence-electron chi connectivity index (χ4n) is 2.18. The maximum Gasteiger partial charge on any atom is 0.292 e. The van der Waals surface area contributed by atoms with E-state index >= 15 is 0 Å². The molecule has 0 bridgehead atoms. The summed E-state index contributed by atoms with van der Waals surface area (Å²) in [5.74, 6) is 0.204. The molecule has 1 aliphatic rings. The molecule has 1 N–H and O–H groups in total. The van der Waals surface area contributed by atoms with Gasteiger partial charge in [0.15, 0.2) is 0 Å². The number of carbonyl (C=O) groups is 1. The molecule has 0 spiro atoms. The Morgan fingerprint density at radius 3 is 2.68 bits per heavy atom. The molecular weight excluding hydrogens is 246 g/mol. The first kappa shape index (κ1) is 14.0. The van der Waals surface area contributed by atoms with Crippen LogP contribution in [0, 0.1) is 6.92 Å². The van der Waals surface area contributed by atoms with Gasteiger partial charge in [0.25, 0.3) is 5.91 Å². The van der Waals surface area contributed by atoms with Crippen LogP contribution in [0.2, 0.25) is 0 Å². The highest BCUT2D eigenvalue weighted by atomic mass is 16.5. The number of amides is 1. The van der Waals surface area contributed by atoms with Gasteiger partial charge in [0.2, 0.25) is 5.76 Å². The van der Waals surface area contributed by atoms with Crippen molar-refractivity contribution in [2.24, 2.45) is 0 Å². The molecule has 1 aliphatic heterocycles. The van der Waals surface area contributed by atoms with Crippen LogP contribution in [0.1, 0.15) is 29.6 Å². The topological polar surface area (TPSA) is 69.8 Å². The first-order chi connectivity index (χ1) is 9.10. The van der Waals surface area contributed by atoms with Gasteiger partial charge in [-0.2, -0.15) is 0 Å². The van der Waals surface area contributed by atoms with Crippen LogP contribution in [0.3, 0.4) is 0 Å². The predicted molar refractivity (Wildman–Crippen MR) is 69.9 cm³/mol. The lowest BCUT2D eigenvalue weighted by Gasteiger charge is -2.35. The average molecular weight is 267 g/mol. The first-order valence-electron chi connectivity index (χ1n) is 6.73. The molecule has 1 fully saturated rings. The zero-order valence-corrected chi connectivity index (χ0v) is 11.5. The maximum absolute atomic E-state index is 12.1. The lowest BCUT2D eigenvalue weighted by atomic mass is 10.2. The number of aliphatic hydroxyl groups excluding tert-OH is 1. The third-order valence-electron chi connectivity index (χ3n) is 3.44. The second kappa shape index (κ2) is 6.16. The Balaban J connectivity index is 1.84. The van der Waals surface area contributed by atoms with E-state index < -0.39 is 0 Å². The monoisotopic (exact) mass is 267 g/mol. The molecule has 0 aromatic carbocycles. The molecule has 1 aromatic heterocycles. The molecule has 1 atom stereocenters. The summed E-state index contributed by atoms with van der Waals surface area (Å²) in [6, 6.07) is 1.66. The fourth-order valence-corrected chi connectivity index (χ4v) is 2.18. The number of hydrogen-bond donors (Lipinski definition) is 1. The molecule has 6 heteroatoms. The molecule has 0 radical (unpaired) electrons. The van der Waals surface area contributed by atoms with Crippen molar-refractivity contribution in [3.8, 4) is 0 Å². The molecule has 19 heavy (non-hydrogen) atoms. The van der Waals surface area contributed by atoms with E-state index in [2.05, 4.69) is 10.1 Å². The van der Waals surface area contributed by atoms with E-state index in [1.54, 1.807) is 17.9 Å². The number of aromatic nitrogens is 1. The van der Waals surface area contributed by atoms with E-state index in [4.69, 9.17) is 4.52 Å². The first-order valence-corrected chi connectivity index (χ1v) is 6.73. The molecule has 2 rings (SSSR count). The average Bonchev–Trinajstić information content (AvgIpc) is 2.85. The molecule has 1 amide bonds. The molecule has 1 unspecified atom stereocenters. The maximum atomic E-state index is 12.1. The van der Waals surface area contributed by atoms with Crippen LogP contribution in [0.5, 0.6) is 0 Å². The van der Waals surface area contributed by atoms with E-state index in [1.807, 2.05) is 6.92 Å². The number of β-amino-alcohol motifs (C(OH)–C–C–N with tert-alkyl or cyclic N) is 1. The highest BCUT2D eigenvalue weighted by molar-refractivity contribution is 5.91. The summed E-state index contributed by atoms with van der Waals surface area (Å²) >= 11 is 0. The van der Waals surface area contributed by atoms with Crippen molar-refractivity contribution in [3.05, 3.63) is 17.5 Å². The zero-order chi connectivity index (χ0) is 13.8. The number of nitrogens with zero attached hydrogens (tertiary/aromatic N) is 3. The van der Waals surface area contributed by atoms with Crippen molar-refractivity contribution in [1.29, 1.82) is 0 Å². The second-order valence-electron chi connectivity index (χ2n) is 4.99. The second-order valence-corrected chi connectivity index (χ2v) is 4.99. The van der Waals surface area contributed by atoms with Crippen molar-refractivity contribution in [2.75, 3.05) is 32.7 Å². The highest BCUT2D eigenvalue weighted by Gasteiger charge is 2.25. The summed E-state index contributed by atoms with van der Waals surface area (Å²) in [6.07, 6.45) is 0.482. The van der Waals surface area contributed by atoms with Gasteiger partial charge in [-0.25, -0.2) is 0 Å². The van der Waals surface area contributed by atoms with E-state index in [0.29, 0.717) is 31.1 Å². The summed E-state index contributed by atoms with van der Waals surface area (Å²) < 4.78 is 4.99. The van der Waals surface area contributed by atoms with Gasteiger partial charge in [0, 0.05) is 38.8 Å². The molecule has 0 aliphatic carbocycles. The molecular formula is C13H21N3O3. The molecule has 6 nitrogen and oxygen atoms in total. The Morgan fingerprint density at radius 1 is 1.47 bits per heavy atom. The predicted octanol–water partition coefficient (Wildman–Crippen LogP) is 0.512. The van der Waals surface area contributed by atoms with Crippen LogP contribution in [-0.4, -0.2) is 64.8 Å². The quantitative estimate of drug-likeness (QED) is 0.861. The minimum atomic E-state index is -0.279. The normalized spacial score (nSPS) is 18.6. The van der Waals surface area contributed by atoms with Crippen molar-refractivity contribution in [2.45, 2.75) is 26.4 Å². The lowest BCUT2D eigenvalue weighted by molar-refractivity contribution is 0.0493. The van der Waals surface area contributed by atoms with Crippen molar-refractivity contribution < 1.29 is 14.4 Å². The van der Waals surface area contributed by atoms with Crippen LogP contribution < -0.4 is 0 Å². The summed E-state index contributed by atoms with van der Waals surface area (Å²) in [7, 11) is 0. The Bertz CT molecular complexity index is 425. The van der Waals surface area contributed by atoms with Gasteiger partial charge in [-0.15, -0.1) is 0 Å². The molecule has 1 aromatic rings. The van der Waals surface area contributed by atoms with Crippen molar-refractivity contribution >= 4 is 5.91 Å². The Labute approximate surface area is 113 Å². The SMILES string of the molecule is CCC(O)CN1CCN(C(=O)c2cc(C)no2)CC1. The summed E-state index contributed by atoms with van der Waals surface area (Å²) in [4.78, 5) is 16.1. The van der Waals surface area contributed by atoms with Crippen LogP contribution >= 0.6 is 0 Å². The van der Waals surface area contributed by atoms with Gasteiger partial charge in [-0.1, -0.05) is 12.1 Å². The lowest BCUT2D eigenvalue weighted by Crippen LogP contribution is -2.50. The summed E-state index contributed by atoms with van der Waals surface area (Å²) in [5.41, 5.74) is 0.716. The third-order valence-corrected chi connectivity index (χ3v) is 3.44. The minimum Gasteiger partial charge on any atom is -0.392 e. The van der Waals surface area contributed by atoms with Gasteiger partial charge in [0.1, 0.15) is 0 Å². The van der Waals surface area contributed by atoms with Gasteiger partial charge >= 0.3 is 0 Å². The number of hydrogen-bond acceptors (Lipinski definition) is 5. The smallest absolute Gasteiger partial charge is 0.292 e. The van der Waals surface area contributed by atoms with Gasteiger partial charge in [-0.3, -0.25) is 9.69 Å². The Kier molecular flexibility index (Phi) is 4.55. The Morgan fingerprint density at radius 2 is 2.16 bits per heavy atom. The highest BCUT2D eigenvalue weighted by Crippen LogP contribution is 2.10. The van der Waals surface area contributed by atoms with Gasteiger partial charge < -0.3 is 14.5 Å². The van der Waals surface area contributed by atoms with Crippen molar-refractivity contribution in [1.82, 2.24) is 15.0 Å². The molecule has 0 saturated carbocycles. The van der Waals surface area contributed by atoms with E-state index in [0.717, 1.165) is 19.5 Å². The minimum absolute atomic E-state index is 0.101. The number of aliphatic hydroxyl groups is 1. The van der Waals surface area contributed by atoms with Crippen LogP contribution in [0.25, 0.3) is 0 Å². The number of piperazine rings is 1. The molecule has 2 heterocycles. The standard InChI is InChI=1S/C13H21N3O3/c1-3-11(17)9-15-4-6-16(7-5-15)13(18)12-8-10(2)14-19-12/h8,11,17H,3-7,9H2,1-2H3. The number of carbonyl (C=O) groups excluding carboxylic acids is 1. The molecule has 1 saturated heterocycles. The third kappa shape index (κ3) is 3.54.